The molecule has 0 amide bonds. The summed E-state index contributed by atoms with van der Waals surface area (Å²) >= 11 is 0. The molecule has 0 aliphatic rings. The molecular formula is C37H33N. The van der Waals surface area contributed by atoms with Gasteiger partial charge in [0.25, 0.3) is 0 Å². The standard InChI is InChI=1S/C37H33N/c1-5-14-35-29(4)38(37-20-13-12-19-36(35)37)34-23-21-32(22-24-34)33(25-27(2)30-15-8-6-9-16-30)26-28(3)31-17-10-7-11-18-31/h5-26H,2H2,1,3-4H3/b14-5-,28-26+,33-25+. The lowest BCUT2D eigenvalue weighted by molar-refractivity contribution is 1.05. The summed E-state index contributed by atoms with van der Waals surface area (Å²) < 4.78 is 2.35. The molecule has 0 bridgehead atoms. The molecule has 0 aliphatic carbocycles. The van der Waals surface area contributed by atoms with Gasteiger partial charge in [-0.3, -0.25) is 0 Å². The van der Waals surface area contributed by atoms with Crippen LogP contribution in [0.15, 0.2) is 134 Å². The Balaban J connectivity index is 1.59. The van der Waals surface area contributed by atoms with Gasteiger partial charge >= 0.3 is 0 Å². The van der Waals surface area contributed by atoms with E-state index in [2.05, 4.69) is 159 Å². The van der Waals surface area contributed by atoms with Gasteiger partial charge in [0.15, 0.2) is 0 Å². The average molecular weight is 492 g/mol. The first-order valence-electron chi connectivity index (χ1n) is 13.1. The van der Waals surface area contributed by atoms with Crippen LogP contribution in [0.2, 0.25) is 0 Å². The van der Waals surface area contributed by atoms with Gasteiger partial charge in [-0.25, -0.2) is 0 Å². The van der Waals surface area contributed by atoms with E-state index >= 15 is 0 Å². The summed E-state index contributed by atoms with van der Waals surface area (Å²) in [7, 11) is 0. The van der Waals surface area contributed by atoms with E-state index in [-0.39, 0.29) is 0 Å². The van der Waals surface area contributed by atoms with Gasteiger partial charge in [-0.2, -0.15) is 0 Å². The molecule has 0 atom stereocenters. The molecule has 0 N–H and O–H groups in total. The Morgan fingerprint density at radius 2 is 1.29 bits per heavy atom. The van der Waals surface area contributed by atoms with Crippen molar-refractivity contribution in [3.63, 3.8) is 0 Å². The lowest BCUT2D eigenvalue weighted by Crippen LogP contribution is -1.97. The second-order valence-electron chi connectivity index (χ2n) is 9.58. The van der Waals surface area contributed by atoms with E-state index < -0.39 is 0 Å². The number of para-hydroxylation sites is 1. The molecule has 4 aromatic carbocycles. The maximum absolute atomic E-state index is 4.39. The molecule has 0 spiro atoms. The quantitative estimate of drug-likeness (QED) is 0.200. The van der Waals surface area contributed by atoms with Gasteiger partial charge in [-0.05, 0) is 78.5 Å². The summed E-state index contributed by atoms with van der Waals surface area (Å²) in [4.78, 5) is 0. The summed E-state index contributed by atoms with van der Waals surface area (Å²) in [6.45, 7) is 10.8. The molecule has 186 valence electrons. The molecule has 38 heavy (non-hydrogen) atoms. The Bertz CT molecular complexity index is 1660. The van der Waals surface area contributed by atoms with Crippen molar-refractivity contribution in [2.24, 2.45) is 0 Å². The minimum Gasteiger partial charge on any atom is -0.313 e. The van der Waals surface area contributed by atoms with Gasteiger partial charge in [-0.15, -0.1) is 0 Å². The van der Waals surface area contributed by atoms with Crippen LogP contribution in [0.25, 0.3) is 39.4 Å². The number of fused-ring (bicyclic) bond motifs is 1. The van der Waals surface area contributed by atoms with Crippen LogP contribution in [0.5, 0.6) is 0 Å². The Labute approximate surface area is 226 Å². The molecule has 0 saturated heterocycles. The first kappa shape index (κ1) is 25.0. The molecule has 1 heteroatoms. The van der Waals surface area contributed by atoms with Gasteiger partial charge in [0.05, 0.1) is 5.52 Å². The fourth-order valence-corrected chi connectivity index (χ4v) is 5.05. The maximum atomic E-state index is 4.39. The fourth-order valence-electron chi connectivity index (χ4n) is 5.05. The van der Waals surface area contributed by atoms with E-state index in [1.165, 1.54) is 33.3 Å². The smallest absolute Gasteiger partial charge is 0.0537 e. The number of aromatic nitrogens is 1. The molecule has 1 heterocycles. The zero-order valence-electron chi connectivity index (χ0n) is 22.4. The van der Waals surface area contributed by atoms with Crippen molar-refractivity contribution in [2.75, 3.05) is 0 Å². The molecule has 5 aromatic rings. The molecule has 0 radical (unpaired) electrons. The molecule has 0 aliphatic heterocycles. The SMILES string of the molecule is C=C(/C=C(\C=C(/C)c1ccccc1)c1ccc(-n2c(C)c(/C=C\C)c3ccccc32)cc1)c1ccccc1. The predicted octanol–water partition coefficient (Wildman–Crippen LogP) is 10.2. The van der Waals surface area contributed by atoms with E-state index in [1.54, 1.807) is 0 Å². The lowest BCUT2D eigenvalue weighted by atomic mass is 9.96. The van der Waals surface area contributed by atoms with Crippen molar-refractivity contribution in [3.8, 4) is 5.69 Å². The van der Waals surface area contributed by atoms with Crippen LogP contribution >= 0.6 is 0 Å². The zero-order valence-corrected chi connectivity index (χ0v) is 22.4. The van der Waals surface area contributed by atoms with Gasteiger partial charge in [0.1, 0.15) is 0 Å². The first-order valence-corrected chi connectivity index (χ1v) is 13.1. The summed E-state index contributed by atoms with van der Waals surface area (Å²) in [5, 5.41) is 1.27. The molecule has 1 aromatic heterocycles. The Morgan fingerprint density at radius 3 is 1.95 bits per heavy atom. The summed E-state index contributed by atoms with van der Waals surface area (Å²) in [6, 6.07) is 38.4. The Hall–Kier alpha value is -4.62. The predicted molar refractivity (Wildman–Crippen MR) is 166 cm³/mol. The minimum absolute atomic E-state index is 0.991. The number of allylic oxidation sites excluding steroid dienone is 6. The number of hydrogen-bond acceptors (Lipinski definition) is 0. The molecule has 0 saturated carbocycles. The zero-order chi connectivity index (χ0) is 26.5. The minimum atomic E-state index is 0.991. The summed E-state index contributed by atoms with van der Waals surface area (Å²) in [5.74, 6) is 0. The van der Waals surface area contributed by atoms with E-state index in [1.807, 2.05) is 6.07 Å². The van der Waals surface area contributed by atoms with Crippen LogP contribution in [0.4, 0.5) is 0 Å². The van der Waals surface area contributed by atoms with Crippen molar-refractivity contribution in [1.82, 2.24) is 4.57 Å². The van der Waals surface area contributed by atoms with E-state index in [4.69, 9.17) is 0 Å². The lowest BCUT2D eigenvalue weighted by Gasteiger charge is -2.12. The number of benzene rings is 4. The van der Waals surface area contributed by atoms with Crippen molar-refractivity contribution >= 4 is 33.7 Å². The monoisotopic (exact) mass is 491 g/mol. The van der Waals surface area contributed by atoms with E-state index in [0.717, 1.165) is 28.0 Å². The van der Waals surface area contributed by atoms with E-state index in [0.29, 0.717) is 0 Å². The van der Waals surface area contributed by atoms with Crippen molar-refractivity contribution < 1.29 is 0 Å². The van der Waals surface area contributed by atoms with Crippen LogP contribution in [0.1, 0.15) is 41.8 Å². The van der Waals surface area contributed by atoms with Gasteiger partial charge in [0.2, 0.25) is 0 Å². The Kier molecular flexibility index (Phi) is 7.38. The molecular weight excluding hydrogens is 458 g/mol. The van der Waals surface area contributed by atoms with Crippen LogP contribution < -0.4 is 0 Å². The maximum Gasteiger partial charge on any atom is 0.0537 e. The van der Waals surface area contributed by atoms with Crippen LogP contribution in [-0.4, -0.2) is 4.57 Å². The molecule has 0 fully saturated rings. The van der Waals surface area contributed by atoms with Crippen molar-refractivity contribution in [1.29, 1.82) is 0 Å². The highest BCUT2D eigenvalue weighted by atomic mass is 15.0. The molecule has 1 nitrogen and oxygen atoms in total. The van der Waals surface area contributed by atoms with Crippen LogP contribution in [0.3, 0.4) is 0 Å². The average Bonchev–Trinajstić information content (AvgIpc) is 3.24. The number of nitrogens with zero attached hydrogens (tertiary/aromatic N) is 1. The van der Waals surface area contributed by atoms with Crippen molar-refractivity contribution in [2.45, 2.75) is 20.8 Å². The highest BCUT2D eigenvalue weighted by Crippen LogP contribution is 2.32. The third-order valence-corrected chi connectivity index (χ3v) is 7.03. The third kappa shape index (κ3) is 5.10. The topological polar surface area (TPSA) is 4.93 Å². The third-order valence-electron chi connectivity index (χ3n) is 7.03. The second kappa shape index (κ2) is 11.2. The van der Waals surface area contributed by atoms with Crippen molar-refractivity contribution in [3.05, 3.63) is 162 Å². The largest absolute Gasteiger partial charge is 0.313 e. The highest BCUT2D eigenvalue weighted by Gasteiger charge is 2.13. The van der Waals surface area contributed by atoms with E-state index in [9.17, 15) is 0 Å². The van der Waals surface area contributed by atoms with Gasteiger partial charge in [0, 0.05) is 22.3 Å². The first-order chi connectivity index (χ1) is 18.6. The fraction of sp³-hybridized carbons (Fsp3) is 0.0811. The normalized spacial score (nSPS) is 12.4. The molecule has 5 rings (SSSR count). The Morgan fingerprint density at radius 1 is 0.684 bits per heavy atom. The van der Waals surface area contributed by atoms with Crippen LogP contribution in [0, 0.1) is 6.92 Å². The second-order valence-corrected chi connectivity index (χ2v) is 9.58. The van der Waals surface area contributed by atoms with Gasteiger partial charge in [-0.1, -0.05) is 116 Å². The van der Waals surface area contributed by atoms with Crippen LogP contribution in [-0.2, 0) is 0 Å². The highest BCUT2D eigenvalue weighted by molar-refractivity contribution is 5.93. The van der Waals surface area contributed by atoms with Gasteiger partial charge < -0.3 is 4.57 Å². The number of hydrogen-bond donors (Lipinski definition) is 0. The molecule has 0 unspecified atom stereocenters. The number of rotatable bonds is 7. The summed E-state index contributed by atoms with van der Waals surface area (Å²) in [5.41, 5.74) is 11.7. The summed E-state index contributed by atoms with van der Waals surface area (Å²) in [6.07, 6.45) is 8.77.